The first-order valence-electron chi connectivity index (χ1n) is 10.4. The molecule has 0 fully saturated rings. The molecule has 0 aliphatic rings. The molecule has 1 atom stereocenters. The summed E-state index contributed by atoms with van der Waals surface area (Å²) < 4.78 is 55.6. The summed E-state index contributed by atoms with van der Waals surface area (Å²) in [6, 6.07) is 16.3. The lowest BCUT2D eigenvalue weighted by Gasteiger charge is -2.28. The van der Waals surface area contributed by atoms with Crippen molar-refractivity contribution in [2.75, 3.05) is 11.1 Å². The fourth-order valence-electron chi connectivity index (χ4n) is 3.59. The molecule has 0 spiro atoms. The topological polar surface area (TPSA) is 114 Å². The number of benzene rings is 3. The molecular formula is C24H20F2N4O4S. The van der Waals surface area contributed by atoms with Gasteiger partial charge in [-0.3, -0.25) is 4.79 Å². The third-order valence-corrected chi connectivity index (χ3v) is 7.11. The van der Waals surface area contributed by atoms with E-state index in [1.54, 1.807) is 30.3 Å². The maximum atomic E-state index is 14.6. The Balaban J connectivity index is 1.60. The fraction of sp³-hybridized carbons (Fsp3) is 0.125. The number of hydrogen-bond donors (Lipinski definition) is 2. The van der Waals surface area contributed by atoms with Crippen LogP contribution in [0.4, 0.5) is 14.5 Å². The zero-order chi connectivity index (χ0) is 25.1. The number of amides is 1. The maximum absolute atomic E-state index is 14.6. The van der Waals surface area contributed by atoms with Crippen molar-refractivity contribution < 1.29 is 27.1 Å². The van der Waals surface area contributed by atoms with Gasteiger partial charge in [0.2, 0.25) is 0 Å². The van der Waals surface area contributed by atoms with Gasteiger partial charge in [0.1, 0.15) is 29.9 Å². The van der Waals surface area contributed by atoms with E-state index in [9.17, 15) is 27.1 Å². The minimum atomic E-state index is -4.18. The number of aromatic nitrogens is 3. The van der Waals surface area contributed by atoms with Gasteiger partial charge < -0.3 is 10.4 Å². The molecule has 3 aromatic carbocycles. The quantitative estimate of drug-likeness (QED) is 0.386. The van der Waals surface area contributed by atoms with Gasteiger partial charge in [0.15, 0.2) is 9.84 Å². The summed E-state index contributed by atoms with van der Waals surface area (Å²) >= 11 is 0. The maximum Gasteiger partial charge on any atom is 0.255 e. The number of carbonyl (C=O) groups is 1. The summed E-state index contributed by atoms with van der Waals surface area (Å²) in [4.78, 5) is 15.9. The van der Waals surface area contributed by atoms with Gasteiger partial charge in [-0.1, -0.05) is 24.3 Å². The molecule has 2 N–H and O–H groups in total. The van der Waals surface area contributed by atoms with Crippen LogP contribution < -0.4 is 5.32 Å². The van der Waals surface area contributed by atoms with Crippen molar-refractivity contribution in [1.82, 2.24) is 14.8 Å². The Bertz CT molecular complexity index is 1430. The lowest BCUT2D eigenvalue weighted by Crippen LogP contribution is -2.40. The largest absolute Gasteiger partial charge is 0.382 e. The number of aliphatic hydroxyl groups is 1. The monoisotopic (exact) mass is 498 g/mol. The highest BCUT2D eigenvalue weighted by molar-refractivity contribution is 7.91. The zero-order valence-corrected chi connectivity index (χ0v) is 19.0. The van der Waals surface area contributed by atoms with Crippen LogP contribution in [0.1, 0.15) is 15.9 Å². The van der Waals surface area contributed by atoms with Crippen molar-refractivity contribution in [3.8, 4) is 0 Å². The van der Waals surface area contributed by atoms with Gasteiger partial charge in [0, 0.05) is 22.9 Å². The van der Waals surface area contributed by atoms with E-state index in [2.05, 4.69) is 15.4 Å². The number of halogens is 2. The number of sulfone groups is 1. The standard InChI is InChI=1S/C24H20F2N4O4S/c25-18-6-11-21(22(26)12-18)24(32,13-30-16-27-15-28-30)14-35(33,34)20-9-7-19(8-10-20)29-23(31)17-4-2-1-3-5-17/h1-12,15-16,32H,13-14H2,(H,29,31). The smallest absolute Gasteiger partial charge is 0.255 e. The summed E-state index contributed by atoms with van der Waals surface area (Å²) in [6.45, 7) is -0.444. The second-order valence-corrected chi connectivity index (χ2v) is 9.84. The zero-order valence-electron chi connectivity index (χ0n) is 18.2. The summed E-state index contributed by atoms with van der Waals surface area (Å²) in [7, 11) is -4.18. The summed E-state index contributed by atoms with van der Waals surface area (Å²) in [5, 5.41) is 17.9. The molecular weight excluding hydrogens is 478 g/mol. The molecule has 1 heterocycles. The third kappa shape index (κ3) is 5.58. The first-order chi connectivity index (χ1) is 16.7. The Kier molecular flexibility index (Phi) is 6.72. The molecule has 11 heteroatoms. The highest BCUT2D eigenvalue weighted by Gasteiger charge is 2.39. The molecule has 0 saturated heterocycles. The Morgan fingerprint density at radius 3 is 2.37 bits per heavy atom. The normalized spacial score (nSPS) is 13.2. The number of carbonyl (C=O) groups excluding carboxylic acids is 1. The molecule has 0 aliphatic carbocycles. The van der Waals surface area contributed by atoms with Gasteiger partial charge in [-0.25, -0.2) is 26.9 Å². The van der Waals surface area contributed by atoms with Crippen LogP contribution >= 0.6 is 0 Å². The average molecular weight is 499 g/mol. The van der Waals surface area contributed by atoms with Crippen LogP contribution in [-0.4, -0.2) is 39.9 Å². The lowest BCUT2D eigenvalue weighted by molar-refractivity contribution is 0.0343. The number of anilines is 1. The second-order valence-electron chi connectivity index (χ2n) is 7.85. The van der Waals surface area contributed by atoms with Crippen molar-refractivity contribution in [3.05, 3.63) is 108 Å². The molecule has 0 radical (unpaired) electrons. The van der Waals surface area contributed by atoms with Crippen LogP contribution in [0.15, 0.2) is 90.3 Å². The molecule has 180 valence electrons. The number of nitrogens with one attached hydrogen (secondary N) is 1. The number of nitrogens with zero attached hydrogens (tertiary/aromatic N) is 3. The predicted octanol–water partition coefficient (Wildman–Crippen LogP) is 3.17. The van der Waals surface area contributed by atoms with E-state index >= 15 is 0 Å². The second kappa shape index (κ2) is 9.72. The van der Waals surface area contributed by atoms with Gasteiger partial charge in [0.05, 0.1) is 17.2 Å². The van der Waals surface area contributed by atoms with Gasteiger partial charge in [0.25, 0.3) is 5.91 Å². The van der Waals surface area contributed by atoms with Crippen LogP contribution in [0.3, 0.4) is 0 Å². The Morgan fingerprint density at radius 1 is 1.03 bits per heavy atom. The van der Waals surface area contributed by atoms with Crippen molar-refractivity contribution in [3.63, 3.8) is 0 Å². The Hall–Kier alpha value is -3.96. The highest BCUT2D eigenvalue weighted by atomic mass is 32.2. The molecule has 0 aliphatic heterocycles. The van der Waals surface area contributed by atoms with E-state index in [0.29, 0.717) is 17.3 Å². The van der Waals surface area contributed by atoms with E-state index in [-0.39, 0.29) is 10.8 Å². The van der Waals surface area contributed by atoms with Gasteiger partial charge >= 0.3 is 0 Å². The number of rotatable bonds is 8. The van der Waals surface area contributed by atoms with Gasteiger partial charge in [-0.05, 0) is 42.5 Å². The third-order valence-electron chi connectivity index (χ3n) is 5.26. The molecule has 0 bridgehead atoms. The summed E-state index contributed by atoms with van der Waals surface area (Å²) in [5.74, 6) is -3.25. The number of hydrogen-bond acceptors (Lipinski definition) is 6. The van der Waals surface area contributed by atoms with Crippen molar-refractivity contribution in [2.45, 2.75) is 17.0 Å². The van der Waals surface area contributed by atoms with Crippen molar-refractivity contribution in [2.24, 2.45) is 0 Å². The summed E-state index contributed by atoms with van der Waals surface area (Å²) in [5.41, 5.74) is -1.89. The van der Waals surface area contributed by atoms with Crippen LogP contribution in [0.2, 0.25) is 0 Å². The predicted molar refractivity (Wildman–Crippen MR) is 123 cm³/mol. The van der Waals surface area contributed by atoms with Crippen molar-refractivity contribution in [1.29, 1.82) is 0 Å². The van der Waals surface area contributed by atoms with Gasteiger partial charge in [-0.15, -0.1) is 0 Å². The van der Waals surface area contributed by atoms with Gasteiger partial charge in [-0.2, -0.15) is 5.10 Å². The molecule has 35 heavy (non-hydrogen) atoms. The van der Waals surface area contributed by atoms with E-state index < -0.39 is 44.9 Å². The molecule has 1 unspecified atom stereocenters. The molecule has 1 aromatic heterocycles. The first-order valence-corrected chi connectivity index (χ1v) is 12.0. The van der Waals surface area contributed by atoms with Crippen molar-refractivity contribution >= 4 is 21.4 Å². The first kappa shape index (κ1) is 24.2. The van der Waals surface area contributed by atoms with E-state index in [4.69, 9.17) is 0 Å². The van der Waals surface area contributed by atoms with E-state index in [1.165, 1.54) is 36.9 Å². The minimum absolute atomic E-state index is 0.158. The highest BCUT2D eigenvalue weighted by Crippen LogP contribution is 2.30. The van der Waals surface area contributed by atoms with Crippen LogP contribution in [0, 0.1) is 11.6 Å². The van der Waals surface area contributed by atoms with E-state index in [1.807, 2.05) is 0 Å². The lowest BCUT2D eigenvalue weighted by atomic mass is 9.95. The van der Waals surface area contributed by atoms with Crippen LogP contribution in [0.25, 0.3) is 0 Å². The van der Waals surface area contributed by atoms with Crippen LogP contribution in [-0.2, 0) is 22.0 Å². The minimum Gasteiger partial charge on any atom is -0.382 e. The SMILES string of the molecule is O=C(Nc1ccc(S(=O)(=O)CC(O)(Cn2cncn2)c2ccc(F)cc2F)cc1)c1ccccc1. The molecule has 4 rings (SSSR count). The summed E-state index contributed by atoms with van der Waals surface area (Å²) in [6.07, 6.45) is 2.42. The fourth-order valence-corrected chi connectivity index (χ4v) is 5.19. The van der Waals surface area contributed by atoms with Crippen LogP contribution in [0.5, 0.6) is 0 Å². The molecule has 0 saturated carbocycles. The average Bonchev–Trinajstić information content (AvgIpc) is 3.32. The van der Waals surface area contributed by atoms with E-state index in [0.717, 1.165) is 16.8 Å². The molecule has 4 aromatic rings. The molecule has 8 nitrogen and oxygen atoms in total. The molecule has 1 amide bonds. The Morgan fingerprint density at radius 2 is 1.74 bits per heavy atom. The Labute approximate surface area is 199 Å².